The van der Waals surface area contributed by atoms with E-state index in [0.717, 1.165) is 5.69 Å². The second-order valence-electron chi connectivity index (χ2n) is 5.19. The molecule has 0 aliphatic heterocycles. The average molecular weight is 255 g/mol. The minimum Gasteiger partial charge on any atom is -0.329 e. The van der Waals surface area contributed by atoms with Gasteiger partial charge in [0.25, 0.3) is 0 Å². The van der Waals surface area contributed by atoms with Crippen LogP contribution in [0.1, 0.15) is 48.1 Å². The molecule has 1 atom stereocenters. The lowest BCUT2D eigenvalue weighted by Gasteiger charge is -2.19. The predicted molar refractivity (Wildman–Crippen MR) is 78.2 cm³/mol. The first-order chi connectivity index (χ1) is 9.13. The third kappa shape index (κ3) is 2.99. The van der Waals surface area contributed by atoms with Crippen LogP contribution in [0.25, 0.3) is 0 Å². The number of aromatic nitrogens is 2. The van der Waals surface area contributed by atoms with Crippen LogP contribution in [0.5, 0.6) is 0 Å². The summed E-state index contributed by atoms with van der Waals surface area (Å²) in [5.41, 5.74) is 10.8. The van der Waals surface area contributed by atoms with Crippen molar-refractivity contribution in [3.05, 3.63) is 59.2 Å². The number of nitrogens with zero attached hydrogens (tertiary/aromatic N) is 2. The van der Waals surface area contributed by atoms with Gasteiger partial charge in [0.2, 0.25) is 0 Å². The fourth-order valence-electron chi connectivity index (χ4n) is 2.29. The molecule has 2 rings (SSSR count). The highest BCUT2D eigenvalue weighted by molar-refractivity contribution is 5.38. The fourth-order valence-corrected chi connectivity index (χ4v) is 2.29. The summed E-state index contributed by atoms with van der Waals surface area (Å²) >= 11 is 0. The summed E-state index contributed by atoms with van der Waals surface area (Å²) in [4.78, 5) is 8.55. The molecule has 1 heterocycles. The van der Waals surface area contributed by atoms with Crippen LogP contribution in [0.15, 0.2) is 36.8 Å². The predicted octanol–water partition coefficient (Wildman–Crippen LogP) is 3.00. The first-order valence-corrected chi connectivity index (χ1v) is 6.70. The molecule has 19 heavy (non-hydrogen) atoms. The quantitative estimate of drug-likeness (QED) is 0.913. The minimum atomic E-state index is 0.118. The summed E-state index contributed by atoms with van der Waals surface area (Å²) in [5, 5.41) is 0. The highest BCUT2D eigenvalue weighted by Crippen LogP contribution is 2.27. The largest absolute Gasteiger partial charge is 0.329 e. The van der Waals surface area contributed by atoms with Crippen LogP contribution < -0.4 is 5.73 Å². The molecule has 0 fully saturated rings. The van der Waals surface area contributed by atoms with Crippen molar-refractivity contribution in [2.75, 3.05) is 6.54 Å². The van der Waals surface area contributed by atoms with E-state index in [9.17, 15) is 0 Å². The van der Waals surface area contributed by atoms with Crippen LogP contribution in [-0.4, -0.2) is 16.5 Å². The molecule has 3 heteroatoms. The number of hydrogen-bond donors (Lipinski definition) is 1. The average Bonchev–Trinajstić information content (AvgIpc) is 2.42. The number of nitrogens with two attached hydrogens (primary N) is 1. The van der Waals surface area contributed by atoms with Gasteiger partial charge in [0, 0.05) is 31.1 Å². The Morgan fingerprint density at radius 3 is 2.58 bits per heavy atom. The molecule has 0 amide bonds. The first-order valence-electron chi connectivity index (χ1n) is 6.70. The van der Waals surface area contributed by atoms with E-state index in [2.05, 4.69) is 48.9 Å². The minimum absolute atomic E-state index is 0.118. The van der Waals surface area contributed by atoms with Gasteiger partial charge in [-0.05, 0) is 29.5 Å². The Labute approximate surface area is 114 Å². The highest BCUT2D eigenvalue weighted by atomic mass is 14.8. The lowest BCUT2D eigenvalue weighted by molar-refractivity contribution is 0.767. The van der Waals surface area contributed by atoms with Crippen molar-refractivity contribution >= 4 is 0 Å². The fraction of sp³-hybridized carbons (Fsp3) is 0.375. The molecule has 0 aliphatic carbocycles. The van der Waals surface area contributed by atoms with Crippen molar-refractivity contribution in [2.24, 2.45) is 5.73 Å². The molecular weight excluding hydrogens is 234 g/mol. The first kappa shape index (κ1) is 13.7. The van der Waals surface area contributed by atoms with Gasteiger partial charge in [-0.15, -0.1) is 0 Å². The van der Waals surface area contributed by atoms with Crippen molar-refractivity contribution in [2.45, 2.75) is 32.6 Å². The van der Waals surface area contributed by atoms with Gasteiger partial charge >= 0.3 is 0 Å². The third-order valence-corrected chi connectivity index (χ3v) is 3.52. The summed E-state index contributed by atoms with van der Waals surface area (Å²) in [6.07, 6.45) is 5.22. The van der Waals surface area contributed by atoms with E-state index in [1.807, 2.05) is 0 Å². The van der Waals surface area contributed by atoms with Crippen molar-refractivity contribution in [3.8, 4) is 0 Å². The Bertz CT molecular complexity index is 535. The SMILES string of the molecule is Cc1ccc(C(C)C)cc1C(CN)c1cnccn1. The topological polar surface area (TPSA) is 51.8 Å². The molecule has 2 aromatic rings. The summed E-state index contributed by atoms with van der Waals surface area (Å²) in [5.74, 6) is 0.632. The Balaban J connectivity index is 2.46. The second kappa shape index (κ2) is 5.93. The third-order valence-electron chi connectivity index (χ3n) is 3.52. The van der Waals surface area contributed by atoms with Gasteiger partial charge < -0.3 is 5.73 Å². The van der Waals surface area contributed by atoms with Gasteiger partial charge in [-0.2, -0.15) is 0 Å². The molecule has 1 unspecified atom stereocenters. The maximum absolute atomic E-state index is 5.96. The van der Waals surface area contributed by atoms with Crippen LogP contribution in [0.4, 0.5) is 0 Å². The van der Waals surface area contributed by atoms with Crippen LogP contribution in [-0.2, 0) is 0 Å². The van der Waals surface area contributed by atoms with Crippen LogP contribution in [0.2, 0.25) is 0 Å². The van der Waals surface area contributed by atoms with E-state index in [0.29, 0.717) is 12.5 Å². The van der Waals surface area contributed by atoms with E-state index < -0.39 is 0 Å². The maximum atomic E-state index is 5.96. The van der Waals surface area contributed by atoms with E-state index in [1.54, 1.807) is 18.6 Å². The number of aryl methyl sites for hydroxylation is 1. The molecule has 2 N–H and O–H groups in total. The van der Waals surface area contributed by atoms with Gasteiger partial charge in [-0.3, -0.25) is 9.97 Å². The molecule has 0 spiro atoms. The summed E-state index contributed by atoms with van der Waals surface area (Å²) in [6.45, 7) is 7.07. The van der Waals surface area contributed by atoms with Crippen LogP contribution in [0, 0.1) is 6.92 Å². The lowest BCUT2D eigenvalue weighted by atomic mass is 9.88. The molecule has 0 aliphatic rings. The number of rotatable bonds is 4. The Morgan fingerprint density at radius 2 is 2.00 bits per heavy atom. The van der Waals surface area contributed by atoms with Gasteiger partial charge in [0.1, 0.15) is 0 Å². The molecule has 0 radical (unpaired) electrons. The van der Waals surface area contributed by atoms with Crippen LogP contribution in [0.3, 0.4) is 0 Å². The smallest absolute Gasteiger partial charge is 0.0674 e. The van der Waals surface area contributed by atoms with E-state index in [-0.39, 0.29) is 5.92 Å². The lowest BCUT2D eigenvalue weighted by Crippen LogP contribution is -2.16. The zero-order chi connectivity index (χ0) is 13.8. The Morgan fingerprint density at radius 1 is 1.21 bits per heavy atom. The summed E-state index contributed by atoms with van der Waals surface area (Å²) < 4.78 is 0. The van der Waals surface area contributed by atoms with E-state index >= 15 is 0 Å². The molecule has 3 nitrogen and oxygen atoms in total. The highest BCUT2D eigenvalue weighted by Gasteiger charge is 2.17. The van der Waals surface area contributed by atoms with Crippen LogP contribution >= 0.6 is 0 Å². The Hall–Kier alpha value is -1.74. The second-order valence-corrected chi connectivity index (χ2v) is 5.19. The molecule has 1 aromatic carbocycles. The normalized spacial score (nSPS) is 12.7. The molecule has 0 saturated carbocycles. The van der Waals surface area contributed by atoms with Crippen molar-refractivity contribution in [3.63, 3.8) is 0 Å². The van der Waals surface area contributed by atoms with Crippen molar-refractivity contribution < 1.29 is 0 Å². The molecule has 0 bridgehead atoms. The van der Waals surface area contributed by atoms with Gasteiger partial charge in [-0.25, -0.2) is 0 Å². The van der Waals surface area contributed by atoms with Crippen molar-refractivity contribution in [1.29, 1.82) is 0 Å². The van der Waals surface area contributed by atoms with Gasteiger partial charge in [0.15, 0.2) is 0 Å². The summed E-state index contributed by atoms with van der Waals surface area (Å²) in [6, 6.07) is 6.61. The summed E-state index contributed by atoms with van der Waals surface area (Å²) in [7, 11) is 0. The standard InChI is InChI=1S/C16H21N3/c1-11(2)13-5-4-12(3)14(8-13)15(9-17)16-10-18-6-7-19-16/h4-8,10-11,15H,9,17H2,1-3H3. The van der Waals surface area contributed by atoms with E-state index in [4.69, 9.17) is 5.73 Å². The van der Waals surface area contributed by atoms with Gasteiger partial charge in [-0.1, -0.05) is 32.0 Å². The number of benzene rings is 1. The van der Waals surface area contributed by atoms with E-state index in [1.165, 1.54) is 16.7 Å². The number of hydrogen-bond acceptors (Lipinski definition) is 3. The molecule has 100 valence electrons. The molecule has 1 aromatic heterocycles. The zero-order valence-corrected chi connectivity index (χ0v) is 11.8. The van der Waals surface area contributed by atoms with Crippen molar-refractivity contribution in [1.82, 2.24) is 9.97 Å². The zero-order valence-electron chi connectivity index (χ0n) is 11.8. The monoisotopic (exact) mass is 255 g/mol. The molecular formula is C16H21N3. The maximum Gasteiger partial charge on any atom is 0.0674 e. The van der Waals surface area contributed by atoms with Gasteiger partial charge in [0.05, 0.1) is 5.69 Å². The Kier molecular flexibility index (Phi) is 4.27. The molecule has 0 saturated heterocycles.